The predicted molar refractivity (Wildman–Crippen MR) is 49.0 cm³/mol. The molecule has 0 aliphatic carbocycles. The summed E-state index contributed by atoms with van der Waals surface area (Å²) in [5.41, 5.74) is 5.47. The molecule has 0 radical (unpaired) electrons. The molecule has 0 aromatic carbocycles. The van der Waals surface area contributed by atoms with Gasteiger partial charge in [0.15, 0.2) is 0 Å². The van der Waals surface area contributed by atoms with E-state index in [1.54, 1.807) is 6.07 Å². The molecule has 0 amide bonds. The predicted octanol–water partition coefficient (Wildman–Crippen LogP) is 2.04. The maximum absolute atomic E-state index is 12.4. The lowest BCUT2D eigenvalue weighted by atomic mass is 10.2. The van der Waals surface area contributed by atoms with Gasteiger partial charge in [0.05, 0.1) is 0 Å². The molecule has 0 aliphatic rings. The summed E-state index contributed by atoms with van der Waals surface area (Å²) in [5, 5.41) is 0.423. The van der Waals surface area contributed by atoms with Crippen molar-refractivity contribution in [2.45, 2.75) is 12.7 Å². The van der Waals surface area contributed by atoms with Crippen LogP contribution in [0.2, 0.25) is 0 Å². The fourth-order valence-corrected chi connectivity index (χ4v) is 1.41. The summed E-state index contributed by atoms with van der Waals surface area (Å²) in [6.45, 7) is 0.189. The fourth-order valence-electron chi connectivity index (χ4n) is 1.41. The van der Waals surface area contributed by atoms with E-state index in [4.69, 9.17) is 5.73 Å². The molecule has 80 valence electrons. The standard InChI is InChI=1S/C9H8F3N3/c10-9(11,12)7-3-6-5(4-13)1-2-14-8(6)15-7/h1-3H,4,13H2,(H,14,15). The molecule has 0 aliphatic heterocycles. The fraction of sp³-hybridized carbons (Fsp3) is 0.222. The van der Waals surface area contributed by atoms with E-state index >= 15 is 0 Å². The second-order valence-electron chi connectivity index (χ2n) is 3.12. The van der Waals surface area contributed by atoms with Crippen molar-refractivity contribution < 1.29 is 13.2 Å². The Labute approximate surface area is 83.1 Å². The van der Waals surface area contributed by atoms with Crippen molar-refractivity contribution in [1.82, 2.24) is 9.97 Å². The number of hydrogen-bond donors (Lipinski definition) is 2. The zero-order valence-corrected chi connectivity index (χ0v) is 7.60. The molecule has 0 saturated carbocycles. The Kier molecular flexibility index (Phi) is 2.15. The van der Waals surface area contributed by atoms with Gasteiger partial charge in [-0.1, -0.05) is 0 Å². The van der Waals surface area contributed by atoms with E-state index in [2.05, 4.69) is 9.97 Å². The van der Waals surface area contributed by atoms with Gasteiger partial charge in [-0.3, -0.25) is 0 Å². The van der Waals surface area contributed by atoms with Crippen LogP contribution >= 0.6 is 0 Å². The SMILES string of the molecule is NCc1ccnc2[nH]c(C(F)(F)F)cc12. The lowest BCUT2D eigenvalue weighted by molar-refractivity contribution is -0.140. The third-order valence-corrected chi connectivity index (χ3v) is 2.15. The average molecular weight is 215 g/mol. The number of alkyl halides is 3. The number of fused-ring (bicyclic) bond motifs is 1. The van der Waals surface area contributed by atoms with Crippen LogP contribution in [0.3, 0.4) is 0 Å². The second-order valence-corrected chi connectivity index (χ2v) is 3.12. The monoisotopic (exact) mass is 215 g/mol. The van der Waals surface area contributed by atoms with Gasteiger partial charge in [0.2, 0.25) is 0 Å². The minimum absolute atomic E-state index is 0.189. The Balaban J connectivity index is 2.65. The van der Waals surface area contributed by atoms with E-state index in [-0.39, 0.29) is 12.2 Å². The van der Waals surface area contributed by atoms with Crippen molar-refractivity contribution in [3.8, 4) is 0 Å². The highest BCUT2D eigenvalue weighted by molar-refractivity contribution is 5.80. The van der Waals surface area contributed by atoms with Crippen molar-refractivity contribution in [3.63, 3.8) is 0 Å². The van der Waals surface area contributed by atoms with Gasteiger partial charge in [-0.25, -0.2) is 4.98 Å². The molecule has 0 spiro atoms. The number of pyridine rings is 1. The van der Waals surface area contributed by atoms with Crippen LogP contribution in [0, 0.1) is 0 Å². The van der Waals surface area contributed by atoms with Gasteiger partial charge >= 0.3 is 6.18 Å². The molecule has 2 rings (SSSR count). The smallest absolute Gasteiger partial charge is 0.336 e. The molecule has 15 heavy (non-hydrogen) atoms. The van der Waals surface area contributed by atoms with Gasteiger partial charge in [-0.2, -0.15) is 13.2 Å². The number of nitrogens with zero attached hydrogens (tertiary/aromatic N) is 1. The van der Waals surface area contributed by atoms with Crippen LogP contribution in [0.1, 0.15) is 11.3 Å². The Bertz CT molecular complexity index is 487. The van der Waals surface area contributed by atoms with Crippen LogP contribution in [0.4, 0.5) is 13.2 Å². The summed E-state index contributed by atoms with van der Waals surface area (Å²) in [4.78, 5) is 6.03. The number of hydrogen-bond acceptors (Lipinski definition) is 2. The number of halogens is 3. The molecule has 3 nitrogen and oxygen atoms in total. The minimum atomic E-state index is -4.38. The first-order valence-corrected chi connectivity index (χ1v) is 4.26. The highest BCUT2D eigenvalue weighted by Gasteiger charge is 2.32. The quantitative estimate of drug-likeness (QED) is 0.764. The molecule has 2 aromatic heterocycles. The number of nitrogens with two attached hydrogens (primary N) is 1. The zero-order valence-electron chi connectivity index (χ0n) is 7.60. The van der Waals surface area contributed by atoms with Crippen molar-refractivity contribution in [2.24, 2.45) is 5.73 Å². The Morgan fingerprint density at radius 2 is 2.13 bits per heavy atom. The van der Waals surface area contributed by atoms with E-state index < -0.39 is 11.9 Å². The summed E-state index contributed by atoms with van der Waals surface area (Å²) in [5.74, 6) is 0. The number of H-pyrrole nitrogens is 1. The van der Waals surface area contributed by atoms with E-state index in [9.17, 15) is 13.2 Å². The zero-order chi connectivity index (χ0) is 11.1. The van der Waals surface area contributed by atoms with Gasteiger partial charge < -0.3 is 10.7 Å². The highest BCUT2D eigenvalue weighted by Crippen LogP contribution is 2.31. The number of rotatable bonds is 1. The maximum Gasteiger partial charge on any atom is 0.431 e. The van der Waals surface area contributed by atoms with Gasteiger partial charge in [0, 0.05) is 18.1 Å². The van der Waals surface area contributed by atoms with E-state index in [1.807, 2.05) is 0 Å². The highest BCUT2D eigenvalue weighted by atomic mass is 19.4. The Morgan fingerprint density at radius 3 is 2.73 bits per heavy atom. The van der Waals surface area contributed by atoms with Gasteiger partial charge in [0.25, 0.3) is 0 Å². The van der Waals surface area contributed by atoms with Crippen LogP contribution in [-0.2, 0) is 12.7 Å². The third-order valence-electron chi connectivity index (χ3n) is 2.15. The van der Waals surface area contributed by atoms with Gasteiger partial charge in [-0.15, -0.1) is 0 Å². The third kappa shape index (κ3) is 1.68. The molecular weight excluding hydrogens is 207 g/mol. The number of aromatic nitrogens is 2. The van der Waals surface area contributed by atoms with E-state index in [1.165, 1.54) is 6.20 Å². The van der Waals surface area contributed by atoms with Crippen molar-refractivity contribution in [2.75, 3.05) is 0 Å². The first-order chi connectivity index (χ1) is 7.02. The molecular formula is C9H8F3N3. The maximum atomic E-state index is 12.4. The summed E-state index contributed by atoms with van der Waals surface area (Å²) in [7, 11) is 0. The Hall–Kier alpha value is -1.56. The molecule has 0 bridgehead atoms. The minimum Gasteiger partial charge on any atom is -0.336 e. The van der Waals surface area contributed by atoms with Crippen LogP contribution in [0.5, 0.6) is 0 Å². The topological polar surface area (TPSA) is 54.7 Å². The Morgan fingerprint density at radius 1 is 1.40 bits per heavy atom. The van der Waals surface area contributed by atoms with Gasteiger partial charge in [0.1, 0.15) is 11.3 Å². The van der Waals surface area contributed by atoms with Crippen molar-refractivity contribution >= 4 is 11.0 Å². The summed E-state index contributed by atoms with van der Waals surface area (Å²) >= 11 is 0. The summed E-state index contributed by atoms with van der Waals surface area (Å²) in [6.07, 6.45) is -2.95. The lowest BCUT2D eigenvalue weighted by Crippen LogP contribution is -2.04. The lowest BCUT2D eigenvalue weighted by Gasteiger charge is -2.00. The molecule has 0 unspecified atom stereocenters. The van der Waals surface area contributed by atoms with Crippen LogP contribution < -0.4 is 5.73 Å². The molecule has 0 atom stereocenters. The average Bonchev–Trinajstić information content (AvgIpc) is 2.59. The normalized spacial score (nSPS) is 12.3. The first kappa shape index (κ1) is 9.97. The van der Waals surface area contributed by atoms with E-state index in [0.717, 1.165) is 6.07 Å². The molecule has 3 N–H and O–H groups in total. The van der Waals surface area contributed by atoms with Crippen LogP contribution in [0.15, 0.2) is 18.3 Å². The molecule has 0 saturated heterocycles. The van der Waals surface area contributed by atoms with Crippen molar-refractivity contribution in [3.05, 3.63) is 29.6 Å². The second kappa shape index (κ2) is 3.23. The molecule has 0 fully saturated rings. The number of aromatic amines is 1. The van der Waals surface area contributed by atoms with Crippen LogP contribution in [0.25, 0.3) is 11.0 Å². The molecule has 2 heterocycles. The summed E-state index contributed by atoms with van der Waals surface area (Å²) in [6, 6.07) is 2.64. The summed E-state index contributed by atoms with van der Waals surface area (Å²) < 4.78 is 37.1. The molecule has 2 aromatic rings. The van der Waals surface area contributed by atoms with E-state index in [0.29, 0.717) is 10.9 Å². The molecule has 6 heteroatoms. The van der Waals surface area contributed by atoms with Crippen LogP contribution in [-0.4, -0.2) is 9.97 Å². The number of nitrogens with one attached hydrogen (secondary N) is 1. The van der Waals surface area contributed by atoms with Gasteiger partial charge in [-0.05, 0) is 17.7 Å². The largest absolute Gasteiger partial charge is 0.431 e. The van der Waals surface area contributed by atoms with Crippen molar-refractivity contribution in [1.29, 1.82) is 0 Å². The first-order valence-electron chi connectivity index (χ1n) is 4.26.